The summed E-state index contributed by atoms with van der Waals surface area (Å²) in [5.74, 6) is 0.0842. The number of nitrogens with zero attached hydrogens (tertiary/aromatic N) is 3. The zero-order valence-electron chi connectivity index (χ0n) is 18.0. The molecule has 0 bridgehead atoms. The number of ether oxygens (including phenoxy) is 2. The molecule has 1 fully saturated rings. The molecule has 4 rings (SSSR count). The summed E-state index contributed by atoms with van der Waals surface area (Å²) in [5.41, 5.74) is 1.68. The zero-order chi connectivity index (χ0) is 23.4. The number of aliphatic hydroxyl groups is 1. The van der Waals surface area contributed by atoms with Crippen molar-refractivity contribution >= 4 is 46.3 Å². The van der Waals surface area contributed by atoms with Gasteiger partial charge in [0.05, 0.1) is 31.5 Å². The monoisotopic (exact) mass is 510 g/mol. The fourth-order valence-electron chi connectivity index (χ4n) is 3.83. The molecule has 2 aliphatic rings. The van der Waals surface area contributed by atoms with Crippen molar-refractivity contribution in [2.24, 2.45) is 4.99 Å². The molecule has 176 valence electrons. The number of benzene rings is 1. The largest absolute Gasteiger partial charge is 0.463 e. The average Bonchev–Trinajstić information content (AvgIpc) is 3.34. The van der Waals surface area contributed by atoms with Crippen LogP contribution in [0.3, 0.4) is 0 Å². The molecule has 2 unspecified atom stereocenters. The Hall–Kier alpha value is -2.01. The third-order valence-electron chi connectivity index (χ3n) is 5.32. The van der Waals surface area contributed by atoms with Gasteiger partial charge in [0.1, 0.15) is 6.04 Å². The highest BCUT2D eigenvalue weighted by atomic mass is 35.5. The molecule has 1 aromatic heterocycles. The van der Waals surface area contributed by atoms with Gasteiger partial charge in [-0.2, -0.15) is 0 Å². The molecule has 11 heteroatoms. The Balaban J connectivity index is 1.79. The van der Waals surface area contributed by atoms with Crippen LogP contribution >= 0.6 is 34.5 Å². The summed E-state index contributed by atoms with van der Waals surface area (Å²) < 4.78 is 11.0. The SMILES string of the molecule is CCOC(=O)C1=C(CN2CCOC(CO)C2)NC(c2nccs2)=NC1c1ccc(Cl)cc1Cl. The number of carbonyl (C=O) groups excluding carboxylic acids is 1. The summed E-state index contributed by atoms with van der Waals surface area (Å²) in [4.78, 5) is 24.5. The number of hydrogen-bond acceptors (Lipinski definition) is 9. The third kappa shape index (κ3) is 5.56. The Morgan fingerprint density at radius 3 is 2.97 bits per heavy atom. The lowest BCUT2D eigenvalue weighted by atomic mass is 9.95. The van der Waals surface area contributed by atoms with Gasteiger partial charge in [-0.3, -0.25) is 9.89 Å². The molecule has 3 heterocycles. The van der Waals surface area contributed by atoms with Crippen molar-refractivity contribution in [3.63, 3.8) is 0 Å². The van der Waals surface area contributed by atoms with E-state index in [9.17, 15) is 9.90 Å². The van der Waals surface area contributed by atoms with Gasteiger partial charge in [-0.15, -0.1) is 11.3 Å². The summed E-state index contributed by atoms with van der Waals surface area (Å²) in [5, 5.41) is 16.3. The summed E-state index contributed by atoms with van der Waals surface area (Å²) in [6, 6.07) is 4.44. The number of esters is 1. The number of nitrogens with one attached hydrogen (secondary N) is 1. The zero-order valence-corrected chi connectivity index (χ0v) is 20.3. The van der Waals surface area contributed by atoms with Crippen LogP contribution in [0.25, 0.3) is 0 Å². The van der Waals surface area contributed by atoms with Crippen molar-refractivity contribution in [1.82, 2.24) is 15.2 Å². The van der Waals surface area contributed by atoms with Gasteiger partial charge in [-0.25, -0.2) is 9.78 Å². The second-order valence-electron chi connectivity index (χ2n) is 7.53. The van der Waals surface area contributed by atoms with E-state index in [0.29, 0.717) is 64.0 Å². The number of thiazole rings is 1. The van der Waals surface area contributed by atoms with Crippen molar-refractivity contribution in [2.75, 3.05) is 39.5 Å². The van der Waals surface area contributed by atoms with Crippen molar-refractivity contribution in [2.45, 2.75) is 19.1 Å². The molecule has 2 N–H and O–H groups in total. The Kier molecular flexibility index (Phi) is 8.00. The molecule has 8 nitrogen and oxygen atoms in total. The number of carbonyl (C=O) groups is 1. The second-order valence-corrected chi connectivity index (χ2v) is 9.27. The van der Waals surface area contributed by atoms with Gasteiger partial charge >= 0.3 is 5.97 Å². The third-order valence-corrected chi connectivity index (χ3v) is 6.66. The first-order chi connectivity index (χ1) is 16.0. The van der Waals surface area contributed by atoms with E-state index in [1.54, 1.807) is 31.3 Å². The fraction of sp³-hybridized carbons (Fsp3) is 0.409. The summed E-state index contributed by atoms with van der Waals surface area (Å²) >= 11 is 14.1. The quantitative estimate of drug-likeness (QED) is 0.552. The first-order valence-electron chi connectivity index (χ1n) is 10.5. The lowest BCUT2D eigenvalue weighted by molar-refractivity contribution is -0.139. The predicted octanol–water partition coefficient (Wildman–Crippen LogP) is 3.05. The standard InChI is InChI=1S/C22H24Cl2N4O4S/c1-2-31-22(30)18-17(11-28-6-7-32-14(10-28)12-29)26-20(21-25-5-8-33-21)27-19(18)15-4-3-13(23)9-16(15)24/h3-5,8-9,14,19,29H,2,6-7,10-12H2,1H3,(H,26,27). The number of amidine groups is 1. The maximum absolute atomic E-state index is 13.2. The maximum Gasteiger partial charge on any atom is 0.338 e. The highest BCUT2D eigenvalue weighted by molar-refractivity contribution is 7.11. The molecule has 0 radical (unpaired) electrons. The van der Waals surface area contributed by atoms with Crippen LogP contribution in [-0.4, -0.2) is 72.4 Å². The lowest BCUT2D eigenvalue weighted by Crippen LogP contribution is -2.47. The van der Waals surface area contributed by atoms with E-state index < -0.39 is 12.0 Å². The normalized spacial score (nSPS) is 21.5. The van der Waals surface area contributed by atoms with Crippen LogP contribution in [-0.2, 0) is 14.3 Å². The highest BCUT2D eigenvalue weighted by Gasteiger charge is 2.35. The van der Waals surface area contributed by atoms with E-state index in [0.717, 1.165) is 0 Å². The minimum atomic E-state index is -0.696. The molecule has 1 saturated heterocycles. The van der Waals surface area contributed by atoms with E-state index in [4.69, 9.17) is 37.7 Å². The lowest BCUT2D eigenvalue weighted by Gasteiger charge is -2.35. The summed E-state index contributed by atoms with van der Waals surface area (Å²) in [7, 11) is 0. The van der Waals surface area contributed by atoms with Crippen LogP contribution < -0.4 is 5.32 Å². The maximum atomic E-state index is 13.2. The number of aliphatic hydroxyl groups excluding tert-OH is 1. The molecule has 33 heavy (non-hydrogen) atoms. The number of aromatic nitrogens is 1. The van der Waals surface area contributed by atoms with Gasteiger partial charge in [-0.05, 0) is 19.1 Å². The van der Waals surface area contributed by atoms with Crippen LogP contribution in [0.2, 0.25) is 10.0 Å². The van der Waals surface area contributed by atoms with E-state index in [1.165, 1.54) is 11.3 Å². The van der Waals surface area contributed by atoms with Crippen LogP contribution in [0.1, 0.15) is 23.5 Å². The Labute approximate surface area is 205 Å². The minimum Gasteiger partial charge on any atom is -0.463 e. The Morgan fingerprint density at radius 1 is 1.42 bits per heavy atom. The van der Waals surface area contributed by atoms with Crippen molar-refractivity contribution in [3.8, 4) is 0 Å². The molecule has 0 amide bonds. The number of halogens is 2. The van der Waals surface area contributed by atoms with Gasteiger partial charge in [0.15, 0.2) is 10.8 Å². The molecule has 2 aliphatic heterocycles. The molecular weight excluding hydrogens is 487 g/mol. The van der Waals surface area contributed by atoms with E-state index in [-0.39, 0.29) is 19.3 Å². The number of morpholine rings is 1. The van der Waals surface area contributed by atoms with Crippen molar-refractivity contribution in [3.05, 3.63) is 61.7 Å². The first-order valence-corrected chi connectivity index (χ1v) is 12.2. The van der Waals surface area contributed by atoms with E-state index in [1.807, 2.05) is 5.38 Å². The van der Waals surface area contributed by atoms with Crippen LogP contribution in [0.4, 0.5) is 0 Å². The van der Waals surface area contributed by atoms with E-state index >= 15 is 0 Å². The molecule has 0 aliphatic carbocycles. The van der Waals surface area contributed by atoms with Crippen LogP contribution in [0.15, 0.2) is 46.0 Å². The first kappa shape index (κ1) is 24.1. The van der Waals surface area contributed by atoms with Gasteiger partial charge in [0.2, 0.25) is 0 Å². The molecule has 0 spiro atoms. The topological polar surface area (TPSA) is 96.3 Å². The summed E-state index contributed by atoms with van der Waals surface area (Å²) in [6.45, 7) is 4.03. The predicted molar refractivity (Wildman–Crippen MR) is 128 cm³/mol. The molecule has 0 saturated carbocycles. The Morgan fingerprint density at radius 2 is 2.27 bits per heavy atom. The Bertz CT molecular complexity index is 1060. The second kappa shape index (κ2) is 10.9. The highest BCUT2D eigenvalue weighted by Crippen LogP contribution is 2.37. The minimum absolute atomic E-state index is 0.0669. The van der Waals surface area contributed by atoms with E-state index in [2.05, 4.69) is 15.2 Å². The molecule has 2 aromatic rings. The molecular formula is C22H24Cl2N4O4S. The number of rotatable bonds is 7. The molecule has 2 atom stereocenters. The van der Waals surface area contributed by atoms with Gasteiger partial charge in [-0.1, -0.05) is 29.3 Å². The van der Waals surface area contributed by atoms with Gasteiger partial charge in [0, 0.05) is 52.5 Å². The smallest absolute Gasteiger partial charge is 0.338 e. The van der Waals surface area contributed by atoms with Crippen LogP contribution in [0, 0.1) is 0 Å². The number of hydrogen-bond donors (Lipinski definition) is 2. The van der Waals surface area contributed by atoms with Crippen molar-refractivity contribution < 1.29 is 19.4 Å². The van der Waals surface area contributed by atoms with Crippen molar-refractivity contribution in [1.29, 1.82) is 0 Å². The summed E-state index contributed by atoms with van der Waals surface area (Å²) in [6.07, 6.45) is 1.43. The molecule has 1 aromatic carbocycles. The average molecular weight is 511 g/mol. The fourth-order valence-corrected chi connectivity index (χ4v) is 4.92. The van der Waals surface area contributed by atoms with Crippen LogP contribution in [0.5, 0.6) is 0 Å². The van der Waals surface area contributed by atoms with Gasteiger partial charge < -0.3 is 19.9 Å². The number of aliphatic imine (C=N–C) groups is 1. The van der Waals surface area contributed by atoms with Gasteiger partial charge in [0.25, 0.3) is 0 Å².